The molecule has 5 nitrogen and oxygen atoms in total. The van der Waals surface area contributed by atoms with Gasteiger partial charge in [0, 0.05) is 10.8 Å². The molecule has 5 aromatic carbocycles. The average Bonchev–Trinajstić information content (AvgIpc) is 3.41. The SMILES string of the molecule is CC1(C)C2=CC(/C3=c4\ccc(-c5c(O)c(O)c(O)c(O)c5O)c\c4=C(/c4ccc5c(c4)C(C)(C)c4ccccc4-5)C/C=C\C=C/C3)=CCC=C2c2ccccc21. The third kappa shape index (κ3) is 5.21. The van der Waals surface area contributed by atoms with E-state index >= 15 is 0 Å². The maximum Gasteiger partial charge on any atom is 0.208 e. The van der Waals surface area contributed by atoms with Gasteiger partial charge in [-0.3, -0.25) is 0 Å². The molecule has 0 unspecified atom stereocenters. The van der Waals surface area contributed by atoms with E-state index in [4.69, 9.17) is 0 Å². The number of hydrogen-bond acceptors (Lipinski definition) is 5. The number of benzene rings is 5. The minimum atomic E-state index is -0.984. The third-order valence-electron chi connectivity index (χ3n) is 12.5. The zero-order valence-electron chi connectivity index (χ0n) is 32.0. The van der Waals surface area contributed by atoms with Crippen molar-refractivity contribution in [2.75, 3.05) is 0 Å². The Kier molecular flexibility index (Phi) is 8.06. The van der Waals surface area contributed by atoms with E-state index in [2.05, 4.69) is 137 Å². The normalized spacial score (nSPS) is 20.5. The molecule has 0 radical (unpaired) electrons. The van der Waals surface area contributed by atoms with Gasteiger partial charge in [0.25, 0.3) is 0 Å². The zero-order chi connectivity index (χ0) is 39.1. The van der Waals surface area contributed by atoms with Crippen LogP contribution in [0.1, 0.15) is 74.8 Å². The number of rotatable bonds is 3. The van der Waals surface area contributed by atoms with Crippen molar-refractivity contribution >= 4 is 16.7 Å². The molecule has 0 bridgehead atoms. The van der Waals surface area contributed by atoms with Gasteiger partial charge in [-0.25, -0.2) is 0 Å². The van der Waals surface area contributed by atoms with Crippen LogP contribution in [0.25, 0.3) is 39.0 Å². The van der Waals surface area contributed by atoms with Crippen LogP contribution in [0.2, 0.25) is 0 Å². The van der Waals surface area contributed by atoms with Crippen LogP contribution in [-0.2, 0) is 10.8 Å². The molecule has 0 saturated heterocycles. The minimum Gasteiger partial charge on any atom is -0.504 e. The maximum atomic E-state index is 11.1. The largest absolute Gasteiger partial charge is 0.504 e. The predicted molar refractivity (Wildman–Crippen MR) is 225 cm³/mol. The van der Waals surface area contributed by atoms with E-state index in [-0.39, 0.29) is 16.4 Å². The van der Waals surface area contributed by atoms with Crippen molar-refractivity contribution in [3.63, 3.8) is 0 Å². The molecule has 0 heterocycles. The van der Waals surface area contributed by atoms with Crippen molar-refractivity contribution in [1.82, 2.24) is 0 Å². The van der Waals surface area contributed by atoms with Gasteiger partial charge in [0.05, 0.1) is 5.56 Å². The Labute approximate surface area is 326 Å². The highest BCUT2D eigenvalue weighted by molar-refractivity contribution is 5.93. The van der Waals surface area contributed by atoms with Gasteiger partial charge < -0.3 is 25.5 Å². The summed E-state index contributed by atoms with van der Waals surface area (Å²) < 4.78 is 0. The van der Waals surface area contributed by atoms with Gasteiger partial charge in [0.15, 0.2) is 11.5 Å². The second kappa shape index (κ2) is 12.8. The van der Waals surface area contributed by atoms with Crippen molar-refractivity contribution in [2.45, 2.75) is 57.8 Å². The summed E-state index contributed by atoms with van der Waals surface area (Å²) in [4.78, 5) is 0. The molecule has 4 aliphatic carbocycles. The van der Waals surface area contributed by atoms with Crippen LogP contribution in [-0.4, -0.2) is 25.5 Å². The molecule has 0 saturated carbocycles. The van der Waals surface area contributed by atoms with Gasteiger partial charge in [-0.2, -0.15) is 0 Å². The molecule has 278 valence electrons. The Morgan fingerprint density at radius 2 is 1.09 bits per heavy atom. The lowest BCUT2D eigenvalue weighted by atomic mass is 9.80. The Bertz CT molecular complexity index is 2790. The van der Waals surface area contributed by atoms with E-state index in [0.717, 1.165) is 39.1 Å². The second-order valence-electron chi connectivity index (χ2n) is 16.3. The van der Waals surface area contributed by atoms with Crippen molar-refractivity contribution in [1.29, 1.82) is 0 Å². The minimum absolute atomic E-state index is 0.172. The van der Waals surface area contributed by atoms with Crippen LogP contribution in [0.15, 0.2) is 139 Å². The molecule has 9 rings (SSSR count). The zero-order valence-corrected chi connectivity index (χ0v) is 32.0. The predicted octanol–water partition coefficient (Wildman–Crippen LogP) is 10.1. The Hall–Kier alpha value is -6.46. The first kappa shape index (κ1) is 35.3. The van der Waals surface area contributed by atoms with E-state index in [9.17, 15) is 25.5 Å². The molecule has 5 heteroatoms. The first-order valence-electron chi connectivity index (χ1n) is 19.2. The molecule has 0 aromatic heterocycles. The fourth-order valence-electron chi connectivity index (χ4n) is 9.46. The first-order chi connectivity index (χ1) is 26.9. The number of allylic oxidation sites excluding steroid dienone is 10. The molecule has 0 amide bonds. The lowest BCUT2D eigenvalue weighted by molar-refractivity contribution is 0.330. The van der Waals surface area contributed by atoms with Crippen molar-refractivity contribution in [2.24, 2.45) is 0 Å². The Morgan fingerprint density at radius 3 is 1.80 bits per heavy atom. The summed E-state index contributed by atoms with van der Waals surface area (Å²) in [5, 5.41) is 55.5. The highest BCUT2D eigenvalue weighted by Crippen LogP contribution is 2.55. The second-order valence-corrected chi connectivity index (χ2v) is 16.3. The molecule has 0 aliphatic heterocycles. The summed E-state index contributed by atoms with van der Waals surface area (Å²) in [6.45, 7) is 9.14. The number of phenols is 5. The molecule has 0 fully saturated rings. The van der Waals surface area contributed by atoms with Crippen LogP contribution >= 0.6 is 0 Å². The van der Waals surface area contributed by atoms with Crippen LogP contribution in [0, 0.1) is 0 Å². The molecule has 0 atom stereocenters. The molecule has 0 spiro atoms. The number of hydrogen-bond donors (Lipinski definition) is 5. The van der Waals surface area contributed by atoms with Crippen LogP contribution < -0.4 is 10.4 Å². The molecule has 5 aromatic rings. The summed E-state index contributed by atoms with van der Waals surface area (Å²) in [5.41, 5.74) is 14.3. The summed E-state index contributed by atoms with van der Waals surface area (Å²) in [6, 6.07) is 29.7. The molecule has 4 aliphatic rings. The number of phenolic OH excluding ortho intramolecular Hbond substituents is 5. The Morgan fingerprint density at radius 1 is 0.500 bits per heavy atom. The number of fused-ring (bicyclic) bond motifs is 7. The highest BCUT2D eigenvalue weighted by atomic mass is 16.4. The Balaban J connectivity index is 1.36. The maximum absolute atomic E-state index is 11.1. The monoisotopic (exact) mass is 736 g/mol. The van der Waals surface area contributed by atoms with Crippen LogP contribution in [0.5, 0.6) is 28.7 Å². The highest BCUT2D eigenvalue weighted by Gasteiger charge is 2.39. The smallest absolute Gasteiger partial charge is 0.208 e. The van der Waals surface area contributed by atoms with E-state index in [0.29, 0.717) is 18.4 Å². The summed E-state index contributed by atoms with van der Waals surface area (Å²) in [5.74, 6) is -4.23. The van der Waals surface area contributed by atoms with Gasteiger partial charge >= 0.3 is 0 Å². The van der Waals surface area contributed by atoms with Gasteiger partial charge in [-0.15, -0.1) is 0 Å². The molecular weight excluding hydrogens is 693 g/mol. The average molecular weight is 737 g/mol. The van der Waals surface area contributed by atoms with Crippen molar-refractivity contribution < 1.29 is 25.5 Å². The van der Waals surface area contributed by atoms with Crippen molar-refractivity contribution in [3.05, 3.63) is 177 Å². The quantitative estimate of drug-likeness (QED) is 0.0938. The molecule has 5 N–H and O–H groups in total. The van der Waals surface area contributed by atoms with Gasteiger partial charge in [-0.1, -0.05) is 143 Å². The standard InChI is InChI=1S/C51H44O5/c1-50(2)40-20-11-9-17-35(40)37-19-13-14-29(27-42(37)50)32-15-7-5-6-8-16-33(30-22-25-38-36-18-10-12-21-41(36)51(3,4)43(38)28-30)39-26-31(23-24-34(32)39)44-45(52)47(54)49(56)48(55)46(44)53/h5-12,14,17-28,52-56H,13,15-16H2,1-4H3/b7-5-,8-6-,34-32+,39-33+. The van der Waals surface area contributed by atoms with E-state index in [1.807, 2.05) is 12.1 Å². The molecular formula is C51H44O5. The van der Waals surface area contributed by atoms with E-state index < -0.39 is 28.7 Å². The van der Waals surface area contributed by atoms with Crippen LogP contribution in [0.3, 0.4) is 0 Å². The molecule has 56 heavy (non-hydrogen) atoms. The van der Waals surface area contributed by atoms with Gasteiger partial charge in [-0.05, 0) is 114 Å². The van der Waals surface area contributed by atoms with Gasteiger partial charge in [0.2, 0.25) is 17.2 Å². The van der Waals surface area contributed by atoms with Crippen molar-refractivity contribution in [3.8, 4) is 51.0 Å². The summed E-state index contributed by atoms with van der Waals surface area (Å²) >= 11 is 0. The lowest BCUT2D eigenvalue weighted by Gasteiger charge is -2.23. The summed E-state index contributed by atoms with van der Waals surface area (Å²) in [7, 11) is 0. The fourth-order valence-corrected chi connectivity index (χ4v) is 9.46. The van der Waals surface area contributed by atoms with E-state index in [1.165, 1.54) is 44.5 Å². The first-order valence-corrected chi connectivity index (χ1v) is 19.2. The van der Waals surface area contributed by atoms with Gasteiger partial charge in [0.1, 0.15) is 0 Å². The fraction of sp³-hybridized carbons (Fsp3) is 0.176. The summed E-state index contributed by atoms with van der Waals surface area (Å²) in [6.07, 6.45) is 17.5. The number of aromatic hydroxyl groups is 5. The third-order valence-corrected chi connectivity index (χ3v) is 12.5. The van der Waals surface area contributed by atoms with E-state index in [1.54, 1.807) is 6.07 Å². The topological polar surface area (TPSA) is 101 Å². The lowest BCUT2D eigenvalue weighted by Crippen LogP contribution is -2.30. The van der Waals surface area contributed by atoms with Crippen LogP contribution in [0.4, 0.5) is 0 Å².